The van der Waals surface area contributed by atoms with Gasteiger partial charge < -0.3 is 5.32 Å². The van der Waals surface area contributed by atoms with Gasteiger partial charge in [-0.3, -0.25) is 4.98 Å². The van der Waals surface area contributed by atoms with Crippen molar-refractivity contribution in [3.8, 4) is 0 Å². The molecule has 1 aromatic heterocycles. The lowest BCUT2D eigenvalue weighted by molar-refractivity contribution is 0.480. The molecule has 0 saturated carbocycles. The minimum absolute atomic E-state index is 0.466. The zero-order valence-corrected chi connectivity index (χ0v) is 17.7. The monoisotopic (exact) mass is 394 g/mol. The third kappa shape index (κ3) is 5.34. The number of pyridine rings is 1. The molecule has 2 heteroatoms. The van der Waals surface area contributed by atoms with Crippen LogP contribution in [0.15, 0.2) is 97.3 Å². The normalized spacial score (nSPS) is 12.3. The summed E-state index contributed by atoms with van der Waals surface area (Å²) in [5, 5.41) is 6.15. The molecule has 0 bridgehead atoms. The summed E-state index contributed by atoms with van der Waals surface area (Å²) >= 11 is 0. The topological polar surface area (TPSA) is 24.9 Å². The fraction of sp³-hybridized carbons (Fsp3) is 0.250. The first kappa shape index (κ1) is 20.3. The minimum Gasteiger partial charge on any atom is -0.310 e. The third-order valence-electron chi connectivity index (χ3n) is 5.89. The zero-order chi connectivity index (χ0) is 20.6. The maximum atomic E-state index is 4.19. The van der Waals surface area contributed by atoms with Gasteiger partial charge in [-0.15, -0.1) is 0 Å². The van der Waals surface area contributed by atoms with E-state index in [1.54, 1.807) is 0 Å². The number of hydrogen-bond acceptors (Lipinski definition) is 2. The van der Waals surface area contributed by atoms with Gasteiger partial charge in [0.2, 0.25) is 0 Å². The molecule has 4 rings (SSSR count). The summed E-state index contributed by atoms with van der Waals surface area (Å²) in [5.41, 5.74) is 4.15. The van der Waals surface area contributed by atoms with Gasteiger partial charge in [-0.25, -0.2) is 0 Å². The van der Waals surface area contributed by atoms with Crippen LogP contribution in [0.4, 0.5) is 0 Å². The predicted octanol–water partition coefficient (Wildman–Crippen LogP) is 6.72. The van der Waals surface area contributed by atoms with Crippen molar-refractivity contribution in [3.05, 3.63) is 114 Å². The standard InChI is InChI=1S/C28H30N2/c1-22(30-20-23-15-16-27-21-29-18-17-26(27)19-23)9-8-14-28(24-10-4-2-5-11-24)25-12-6-3-7-13-25/h2-7,10-13,15-19,21-22,28,30H,8-9,14,20H2,1H3/t22-/m1/s1. The van der Waals surface area contributed by atoms with Crippen LogP contribution in [-0.4, -0.2) is 11.0 Å². The quantitative estimate of drug-likeness (QED) is 0.341. The first-order valence-electron chi connectivity index (χ1n) is 11.0. The van der Waals surface area contributed by atoms with Gasteiger partial charge in [0, 0.05) is 36.3 Å². The molecule has 1 N–H and O–H groups in total. The number of benzene rings is 3. The van der Waals surface area contributed by atoms with Crippen LogP contribution < -0.4 is 5.32 Å². The van der Waals surface area contributed by atoms with Crippen molar-refractivity contribution in [2.45, 2.75) is 44.7 Å². The van der Waals surface area contributed by atoms with Crippen molar-refractivity contribution in [2.24, 2.45) is 0 Å². The Kier molecular flexibility index (Phi) is 6.89. The molecule has 0 radical (unpaired) electrons. The Hall–Kier alpha value is -2.97. The summed E-state index contributed by atoms with van der Waals surface area (Å²) in [6.45, 7) is 3.20. The zero-order valence-electron chi connectivity index (χ0n) is 17.7. The van der Waals surface area contributed by atoms with Crippen molar-refractivity contribution in [2.75, 3.05) is 0 Å². The van der Waals surface area contributed by atoms with E-state index in [1.165, 1.54) is 46.7 Å². The molecule has 1 heterocycles. The molecule has 4 aromatic rings. The first-order valence-corrected chi connectivity index (χ1v) is 11.0. The van der Waals surface area contributed by atoms with Crippen LogP contribution in [0, 0.1) is 0 Å². The van der Waals surface area contributed by atoms with Gasteiger partial charge in [0.15, 0.2) is 0 Å². The highest BCUT2D eigenvalue weighted by molar-refractivity contribution is 5.81. The van der Waals surface area contributed by atoms with E-state index in [4.69, 9.17) is 0 Å². The van der Waals surface area contributed by atoms with E-state index in [1.807, 2.05) is 12.4 Å². The van der Waals surface area contributed by atoms with Gasteiger partial charge in [0.05, 0.1) is 0 Å². The molecular weight excluding hydrogens is 364 g/mol. The van der Waals surface area contributed by atoms with E-state index < -0.39 is 0 Å². The average molecular weight is 395 g/mol. The highest BCUT2D eigenvalue weighted by Crippen LogP contribution is 2.29. The number of aromatic nitrogens is 1. The highest BCUT2D eigenvalue weighted by Gasteiger charge is 2.14. The average Bonchev–Trinajstić information content (AvgIpc) is 2.81. The van der Waals surface area contributed by atoms with Gasteiger partial charge >= 0.3 is 0 Å². The van der Waals surface area contributed by atoms with E-state index >= 15 is 0 Å². The molecule has 152 valence electrons. The summed E-state index contributed by atoms with van der Waals surface area (Å²) < 4.78 is 0. The Labute approximate surface area is 180 Å². The molecule has 0 spiro atoms. The molecule has 0 fully saturated rings. The smallest absolute Gasteiger partial charge is 0.0346 e. The first-order chi connectivity index (χ1) is 14.8. The third-order valence-corrected chi connectivity index (χ3v) is 5.89. The van der Waals surface area contributed by atoms with Crippen LogP contribution in [0.25, 0.3) is 10.8 Å². The van der Waals surface area contributed by atoms with Crippen molar-refractivity contribution in [1.82, 2.24) is 10.3 Å². The van der Waals surface area contributed by atoms with Gasteiger partial charge in [-0.05, 0) is 54.0 Å². The minimum atomic E-state index is 0.466. The second-order valence-electron chi connectivity index (χ2n) is 8.14. The molecule has 0 aliphatic rings. The van der Waals surface area contributed by atoms with Crippen LogP contribution in [0.2, 0.25) is 0 Å². The molecule has 1 atom stereocenters. The van der Waals surface area contributed by atoms with E-state index in [0.717, 1.165) is 6.54 Å². The molecule has 0 unspecified atom stereocenters. The highest BCUT2D eigenvalue weighted by atomic mass is 14.9. The molecule has 0 amide bonds. The second kappa shape index (κ2) is 10.2. The van der Waals surface area contributed by atoms with E-state index in [2.05, 4.69) is 102 Å². The fourth-order valence-corrected chi connectivity index (χ4v) is 4.16. The summed E-state index contributed by atoms with van der Waals surface area (Å²) in [4.78, 5) is 4.19. The summed E-state index contributed by atoms with van der Waals surface area (Å²) in [6, 6.07) is 31.0. The number of rotatable bonds is 9. The molecule has 0 saturated heterocycles. The number of fused-ring (bicyclic) bond motifs is 1. The van der Waals surface area contributed by atoms with Crippen LogP contribution in [0.1, 0.15) is 48.8 Å². The van der Waals surface area contributed by atoms with Crippen molar-refractivity contribution < 1.29 is 0 Å². The molecule has 2 nitrogen and oxygen atoms in total. The lowest BCUT2D eigenvalue weighted by Gasteiger charge is -2.20. The maximum absolute atomic E-state index is 4.19. The Bertz CT molecular complexity index is 1000. The van der Waals surface area contributed by atoms with Gasteiger partial charge in [-0.2, -0.15) is 0 Å². The van der Waals surface area contributed by atoms with Crippen LogP contribution in [0.5, 0.6) is 0 Å². The predicted molar refractivity (Wildman–Crippen MR) is 127 cm³/mol. The van der Waals surface area contributed by atoms with E-state index in [9.17, 15) is 0 Å². The van der Waals surface area contributed by atoms with Crippen LogP contribution >= 0.6 is 0 Å². The lowest BCUT2D eigenvalue weighted by Crippen LogP contribution is -2.25. The lowest BCUT2D eigenvalue weighted by atomic mass is 9.86. The van der Waals surface area contributed by atoms with Crippen molar-refractivity contribution >= 4 is 10.8 Å². The van der Waals surface area contributed by atoms with Gasteiger partial charge in [-0.1, -0.05) is 79.2 Å². The molecule has 30 heavy (non-hydrogen) atoms. The molecule has 0 aliphatic carbocycles. The van der Waals surface area contributed by atoms with Crippen LogP contribution in [-0.2, 0) is 6.54 Å². The Morgan fingerprint density at radius 2 is 1.47 bits per heavy atom. The number of hydrogen-bond donors (Lipinski definition) is 1. The summed E-state index contributed by atoms with van der Waals surface area (Å²) in [6.07, 6.45) is 7.33. The summed E-state index contributed by atoms with van der Waals surface area (Å²) in [5.74, 6) is 0.466. The largest absolute Gasteiger partial charge is 0.310 e. The van der Waals surface area contributed by atoms with Gasteiger partial charge in [0.1, 0.15) is 0 Å². The molecular formula is C28H30N2. The van der Waals surface area contributed by atoms with Crippen LogP contribution in [0.3, 0.4) is 0 Å². The Balaban J connectivity index is 1.31. The molecule has 0 aliphatic heterocycles. The Morgan fingerprint density at radius 1 is 0.767 bits per heavy atom. The second-order valence-corrected chi connectivity index (χ2v) is 8.14. The van der Waals surface area contributed by atoms with Crippen molar-refractivity contribution in [1.29, 1.82) is 0 Å². The Morgan fingerprint density at radius 3 is 2.17 bits per heavy atom. The summed E-state index contributed by atoms with van der Waals surface area (Å²) in [7, 11) is 0. The van der Waals surface area contributed by atoms with Gasteiger partial charge in [0.25, 0.3) is 0 Å². The fourth-order valence-electron chi connectivity index (χ4n) is 4.16. The maximum Gasteiger partial charge on any atom is 0.0346 e. The number of nitrogens with zero attached hydrogens (tertiary/aromatic N) is 1. The SMILES string of the molecule is C[C@H](CCCC(c1ccccc1)c1ccccc1)NCc1ccc2cnccc2c1. The van der Waals surface area contributed by atoms with E-state index in [0.29, 0.717) is 12.0 Å². The number of nitrogens with one attached hydrogen (secondary N) is 1. The van der Waals surface area contributed by atoms with E-state index in [-0.39, 0.29) is 0 Å². The van der Waals surface area contributed by atoms with Crippen molar-refractivity contribution in [3.63, 3.8) is 0 Å². The molecule has 3 aromatic carbocycles.